The van der Waals surface area contributed by atoms with Crippen molar-refractivity contribution < 1.29 is 4.74 Å². The van der Waals surface area contributed by atoms with Crippen LogP contribution in [0.3, 0.4) is 0 Å². The molecule has 0 atom stereocenters. The maximum absolute atomic E-state index is 8.68. The third-order valence-electron chi connectivity index (χ3n) is 2.29. The monoisotopic (exact) mass is 290 g/mol. The molecule has 0 saturated heterocycles. The van der Waals surface area contributed by atoms with Crippen LogP contribution in [0.5, 0.6) is 5.75 Å². The van der Waals surface area contributed by atoms with Gasteiger partial charge in [-0.3, -0.25) is 0 Å². The van der Waals surface area contributed by atoms with Gasteiger partial charge in [0.15, 0.2) is 0 Å². The van der Waals surface area contributed by atoms with Crippen molar-refractivity contribution in [2.45, 2.75) is 5.03 Å². The lowest BCUT2D eigenvalue weighted by atomic mass is 10.2. The molecule has 0 aliphatic rings. The van der Waals surface area contributed by atoms with E-state index in [2.05, 4.69) is 11.1 Å². The van der Waals surface area contributed by atoms with Crippen molar-refractivity contribution in [3.05, 3.63) is 53.2 Å². The Balaban J connectivity index is 1.74. The predicted molar refractivity (Wildman–Crippen MR) is 76.6 cm³/mol. The zero-order valence-electron chi connectivity index (χ0n) is 10.0. The van der Waals surface area contributed by atoms with Crippen LogP contribution in [0.15, 0.2) is 47.6 Å². The molecule has 0 unspecified atom stereocenters. The second-order valence-corrected chi connectivity index (χ2v) is 5.20. The van der Waals surface area contributed by atoms with Crippen LogP contribution in [0.1, 0.15) is 5.56 Å². The molecule has 0 bridgehead atoms. The van der Waals surface area contributed by atoms with E-state index in [-0.39, 0.29) is 0 Å². The average Bonchev–Trinajstić information content (AvgIpc) is 2.46. The lowest BCUT2D eigenvalue weighted by Gasteiger charge is -2.05. The summed E-state index contributed by atoms with van der Waals surface area (Å²) in [6.07, 6.45) is 1.63. The molecule has 0 fully saturated rings. The Hall–Kier alpha value is -1.70. The first kappa shape index (κ1) is 13.7. The van der Waals surface area contributed by atoms with Crippen molar-refractivity contribution in [1.82, 2.24) is 4.98 Å². The molecule has 96 valence electrons. The summed E-state index contributed by atoms with van der Waals surface area (Å²) in [6, 6.07) is 12.8. The van der Waals surface area contributed by atoms with Crippen LogP contribution in [-0.4, -0.2) is 17.3 Å². The van der Waals surface area contributed by atoms with E-state index in [9.17, 15) is 0 Å². The van der Waals surface area contributed by atoms with E-state index in [4.69, 9.17) is 21.6 Å². The Labute approximate surface area is 121 Å². The van der Waals surface area contributed by atoms with Gasteiger partial charge in [0, 0.05) is 11.9 Å². The first-order chi connectivity index (χ1) is 9.28. The van der Waals surface area contributed by atoms with Crippen LogP contribution < -0.4 is 4.74 Å². The first-order valence-electron chi connectivity index (χ1n) is 5.65. The first-order valence-corrected chi connectivity index (χ1v) is 7.01. The molecular formula is C14H11ClN2OS. The summed E-state index contributed by atoms with van der Waals surface area (Å²) in [6.45, 7) is 0.584. The minimum Gasteiger partial charge on any atom is -0.493 e. The quantitative estimate of drug-likeness (QED) is 0.621. The molecule has 0 amide bonds. The topological polar surface area (TPSA) is 45.9 Å². The minimum atomic E-state index is 0.584. The van der Waals surface area contributed by atoms with Gasteiger partial charge >= 0.3 is 0 Å². The number of aromatic nitrogens is 1. The summed E-state index contributed by atoms with van der Waals surface area (Å²) < 4.78 is 5.57. The molecule has 0 spiro atoms. The Morgan fingerprint density at radius 1 is 1.21 bits per heavy atom. The SMILES string of the molecule is N#Cc1ccc(OCCSc2ccc(Cl)cn2)cc1. The largest absolute Gasteiger partial charge is 0.493 e. The lowest BCUT2D eigenvalue weighted by molar-refractivity contribution is 0.344. The van der Waals surface area contributed by atoms with Gasteiger partial charge in [-0.05, 0) is 36.4 Å². The van der Waals surface area contributed by atoms with Gasteiger partial charge in [-0.25, -0.2) is 4.98 Å². The molecule has 5 heteroatoms. The molecule has 2 rings (SSSR count). The molecule has 0 radical (unpaired) electrons. The normalized spacial score (nSPS) is 9.89. The van der Waals surface area contributed by atoms with E-state index in [0.717, 1.165) is 16.5 Å². The van der Waals surface area contributed by atoms with Gasteiger partial charge in [-0.15, -0.1) is 11.8 Å². The molecule has 19 heavy (non-hydrogen) atoms. The number of thioether (sulfide) groups is 1. The molecule has 2 aromatic rings. The molecule has 0 saturated carbocycles. The van der Waals surface area contributed by atoms with Crippen LogP contribution in [0.25, 0.3) is 0 Å². The molecule has 1 heterocycles. The number of benzene rings is 1. The molecule has 0 aliphatic heterocycles. The van der Waals surface area contributed by atoms with Crippen LogP contribution in [0.2, 0.25) is 5.02 Å². The molecule has 3 nitrogen and oxygen atoms in total. The van der Waals surface area contributed by atoms with Gasteiger partial charge in [0.2, 0.25) is 0 Å². The van der Waals surface area contributed by atoms with Gasteiger partial charge in [0.1, 0.15) is 5.75 Å². The second kappa shape index (κ2) is 7.03. The summed E-state index contributed by atoms with van der Waals surface area (Å²) in [5.74, 6) is 1.57. The Morgan fingerprint density at radius 3 is 2.63 bits per heavy atom. The summed E-state index contributed by atoms with van der Waals surface area (Å²) in [4.78, 5) is 4.18. The van der Waals surface area contributed by atoms with E-state index in [1.165, 1.54) is 0 Å². The fourth-order valence-corrected chi connectivity index (χ4v) is 2.16. The van der Waals surface area contributed by atoms with E-state index in [1.54, 1.807) is 42.2 Å². The number of pyridine rings is 1. The molecule has 1 aromatic carbocycles. The second-order valence-electron chi connectivity index (χ2n) is 3.65. The van der Waals surface area contributed by atoms with E-state index >= 15 is 0 Å². The van der Waals surface area contributed by atoms with Crippen molar-refractivity contribution in [1.29, 1.82) is 5.26 Å². The van der Waals surface area contributed by atoms with Gasteiger partial charge in [-0.2, -0.15) is 5.26 Å². The maximum atomic E-state index is 8.68. The van der Waals surface area contributed by atoms with Crippen molar-refractivity contribution in [2.24, 2.45) is 0 Å². The molecule has 0 N–H and O–H groups in total. The lowest BCUT2D eigenvalue weighted by Crippen LogP contribution is -2.00. The maximum Gasteiger partial charge on any atom is 0.119 e. The van der Waals surface area contributed by atoms with Gasteiger partial charge in [0.25, 0.3) is 0 Å². The van der Waals surface area contributed by atoms with Crippen molar-refractivity contribution in [3.8, 4) is 11.8 Å². The van der Waals surface area contributed by atoms with Gasteiger partial charge in [0.05, 0.1) is 28.3 Å². The van der Waals surface area contributed by atoms with Gasteiger partial charge in [-0.1, -0.05) is 11.6 Å². The zero-order valence-corrected chi connectivity index (χ0v) is 11.6. The number of ether oxygens (including phenoxy) is 1. The molecule has 1 aromatic heterocycles. The predicted octanol–water partition coefficient (Wildman–Crippen LogP) is 3.78. The van der Waals surface area contributed by atoms with Crippen LogP contribution >= 0.6 is 23.4 Å². The fraction of sp³-hybridized carbons (Fsp3) is 0.143. The Bertz CT molecular complexity index is 563. The van der Waals surface area contributed by atoms with E-state index < -0.39 is 0 Å². The number of hydrogen-bond acceptors (Lipinski definition) is 4. The molecular weight excluding hydrogens is 280 g/mol. The summed E-state index contributed by atoms with van der Waals surface area (Å²) in [7, 11) is 0. The third kappa shape index (κ3) is 4.47. The van der Waals surface area contributed by atoms with Crippen molar-refractivity contribution >= 4 is 23.4 Å². The Kier molecular flexibility index (Phi) is 5.08. The molecule has 0 aliphatic carbocycles. The van der Waals surface area contributed by atoms with E-state index in [0.29, 0.717) is 17.2 Å². The summed E-state index contributed by atoms with van der Waals surface area (Å²) in [5.41, 5.74) is 0.632. The van der Waals surface area contributed by atoms with Crippen molar-refractivity contribution in [3.63, 3.8) is 0 Å². The average molecular weight is 291 g/mol. The van der Waals surface area contributed by atoms with E-state index in [1.807, 2.05) is 12.1 Å². The standard InChI is InChI=1S/C14H11ClN2OS/c15-12-3-6-14(17-10-12)19-8-7-18-13-4-1-11(9-16)2-5-13/h1-6,10H,7-8H2. The highest BCUT2D eigenvalue weighted by Crippen LogP contribution is 2.18. The number of halogens is 1. The number of nitrogens with zero attached hydrogens (tertiary/aromatic N) is 2. The summed E-state index contributed by atoms with van der Waals surface area (Å²) >= 11 is 7.37. The number of hydrogen-bond donors (Lipinski definition) is 0. The van der Waals surface area contributed by atoms with Gasteiger partial charge < -0.3 is 4.74 Å². The fourth-order valence-electron chi connectivity index (χ4n) is 1.38. The summed E-state index contributed by atoms with van der Waals surface area (Å²) in [5, 5.41) is 10.2. The van der Waals surface area contributed by atoms with Crippen molar-refractivity contribution in [2.75, 3.05) is 12.4 Å². The number of nitriles is 1. The van der Waals surface area contributed by atoms with Crippen LogP contribution in [0, 0.1) is 11.3 Å². The minimum absolute atomic E-state index is 0.584. The number of rotatable bonds is 5. The highest BCUT2D eigenvalue weighted by atomic mass is 35.5. The third-order valence-corrected chi connectivity index (χ3v) is 3.42. The smallest absolute Gasteiger partial charge is 0.119 e. The Morgan fingerprint density at radius 2 is 2.00 bits per heavy atom. The highest BCUT2D eigenvalue weighted by Gasteiger charge is 1.98. The highest BCUT2D eigenvalue weighted by molar-refractivity contribution is 7.99. The van der Waals surface area contributed by atoms with Crippen LogP contribution in [-0.2, 0) is 0 Å². The van der Waals surface area contributed by atoms with Crippen LogP contribution in [0.4, 0.5) is 0 Å². The zero-order chi connectivity index (χ0) is 13.5.